The van der Waals surface area contributed by atoms with Crippen LogP contribution >= 0.6 is 0 Å². The van der Waals surface area contributed by atoms with Gasteiger partial charge in [0.05, 0.1) is 33.0 Å². The molecule has 0 radical (unpaired) electrons. The summed E-state index contributed by atoms with van der Waals surface area (Å²) >= 11 is 0. The Bertz CT molecular complexity index is 223. The highest BCUT2D eigenvalue weighted by atomic mass is 16.5. The molecule has 0 atom stereocenters. The molecular formula is C11H20N2O2. The monoisotopic (exact) mass is 212 g/mol. The summed E-state index contributed by atoms with van der Waals surface area (Å²) in [5, 5.41) is 0. The van der Waals surface area contributed by atoms with Gasteiger partial charge in [-0.1, -0.05) is 7.43 Å². The van der Waals surface area contributed by atoms with Crippen LogP contribution in [0.2, 0.25) is 0 Å². The molecule has 0 aromatic heterocycles. The Kier molecular flexibility index (Phi) is 7.92. The van der Waals surface area contributed by atoms with Gasteiger partial charge in [0, 0.05) is 5.92 Å². The molecule has 4 heteroatoms. The van der Waals surface area contributed by atoms with Crippen LogP contribution in [0, 0.1) is 12.5 Å². The van der Waals surface area contributed by atoms with Gasteiger partial charge in [-0.3, -0.25) is 0 Å². The molecule has 2 fully saturated rings. The predicted octanol–water partition coefficient (Wildman–Crippen LogP) is 1.44. The molecule has 15 heavy (non-hydrogen) atoms. The maximum Gasteiger partial charge on any atom is 0.157 e. The van der Waals surface area contributed by atoms with Crippen molar-refractivity contribution < 1.29 is 9.47 Å². The van der Waals surface area contributed by atoms with Gasteiger partial charge in [-0.15, -0.1) is 0 Å². The molecule has 2 rings (SSSR count). The minimum atomic E-state index is 0. The van der Waals surface area contributed by atoms with Crippen molar-refractivity contribution in [2.45, 2.75) is 13.8 Å². The second-order valence-electron chi connectivity index (χ2n) is 3.39. The van der Waals surface area contributed by atoms with Gasteiger partial charge in [0.25, 0.3) is 0 Å². The molecule has 4 nitrogen and oxygen atoms in total. The molecule has 2 N–H and O–H groups in total. The summed E-state index contributed by atoms with van der Waals surface area (Å²) in [4.78, 5) is 3.07. The van der Waals surface area contributed by atoms with Gasteiger partial charge in [0.2, 0.25) is 0 Å². The number of hydrogen-bond acceptors (Lipinski definition) is 3. The van der Waals surface area contributed by atoms with Crippen molar-refractivity contribution in [2.75, 3.05) is 33.0 Å². The smallest absolute Gasteiger partial charge is 0.157 e. The van der Waals surface area contributed by atoms with E-state index in [4.69, 9.17) is 21.8 Å². The van der Waals surface area contributed by atoms with Crippen LogP contribution in [0.15, 0.2) is 11.8 Å². The van der Waals surface area contributed by atoms with Crippen LogP contribution < -0.4 is 5.73 Å². The van der Waals surface area contributed by atoms with E-state index in [1.807, 2.05) is 0 Å². The van der Waals surface area contributed by atoms with Gasteiger partial charge < -0.3 is 15.2 Å². The van der Waals surface area contributed by atoms with Crippen LogP contribution in [0.5, 0.6) is 0 Å². The first kappa shape index (κ1) is 14.1. The van der Waals surface area contributed by atoms with Crippen LogP contribution in [0.3, 0.4) is 0 Å². The third-order valence-corrected chi connectivity index (χ3v) is 2.10. The molecule has 0 aromatic carbocycles. The van der Waals surface area contributed by atoms with E-state index < -0.39 is 0 Å². The number of hydrogen-bond donors (Lipinski definition) is 1. The lowest BCUT2D eigenvalue weighted by atomic mass is 10.1. The van der Waals surface area contributed by atoms with Gasteiger partial charge in [-0.2, -0.15) is 0 Å². The molecular weight excluding hydrogens is 192 g/mol. The summed E-state index contributed by atoms with van der Waals surface area (Å²) in [5.74, 6) is 0.782. The normalized spacial score (nSPS) is 18.3. The lowest BCUT2D eigenvalue weighted by Gasteiger charge is -2.24. The number of nitrogens with zero attached hydrogens (tertiary/aromatic N) is 1. The van der Waals surface area contributed by atoms with Gasteiger partial charge in [-0.05, 0) is 18.5 Å². The van der Waals surface area contributed by atoms with Crippen molar-refractivity contribution in [1.29, 1.82) is 0 Å². The van der Waals surface area contributed by atoms with Crippen LogP contribution in [0.25, 0.3) is 4.85 Å². The minimum Gasteiger partial charge on any atom is -0.381 e. The van der Waals surface area contributed by atoms with E-state index in [9.17, 15) is 0 Å². The summed E-state index contributed by atoms with van der Waals surface area (Å²) in [6, 6.07) is 0. The third kappa shape index (κ3) is 5.53. The Morgan fingerprint density at radius 3 is 2.20 bits per heavy atom. The van der Waals surface area contributed by atoms with Gasteiger partial charge >= 0.3 is 0 Å². The number of nitrogens with two attached hydrogens (primary N) is 1. The summed E-state index contributed by atoms with van der Waals surface area (Å²) < 4.78 is 9.71. The first-order chi connectivity index (χ1) is 6.86. The fourth-order valence-electron chi connectivity index (χ4n) is 1.07. The fourth-order valence-corrected chi connectivity index (χ4v) is 1.07. The van der Waals surface area contributed by atoms with Crippen molar-refractivity contribution >= 4 is 0 Å². The zero-order valence-corrected chi connectivity index (χ0v) is 8.24. The summed E-state index contributed by atoms with van der Waals surface area (Å²) in [6.45, 7) is 10.4. The molecule has 0 saturated carbocycles. The SMILES string of the molecule is C.NCCC1COC1.[C-]#[N+]C=C1COC1. The standard InChI is InChI=1S/C5H5NO.C5H11NO.CH4/c1-6-2-5-3-7-4-5;6-2-1-5-3-7-4-5;/h2H,3-4H2;5H,1-4,6H2;1H4. The quantitative estimate of drug-likeness (QED) is 0.705. The molecule has 0 aliphatic carbocycles. The van der Waals surface area contributed by atoms with Crippen LogP contribution in [0.1, 0.15) is 13.8 Å². The molecule has 2 saturated heterocycles. The Labute approximate surface area is 91.9 Å². The maximum atomic E-state index is 6.36. The Balaban J connectivity index is 0.000000245. The maximum absolute atomic E-state index is 6.36. The average Bonchev–Trinajstić information content (AvgIpc) is 2.05. The van der Waals surface area contributed by atoms with Crippen molar-refractivity contribution in [3.05, 3.63) is 23.2 Å². The Hall–Kier alpha value is -0.890. The Morgan fingerprint density at radius 2 is 2.07 bits per heavy atom. The molecule has 0 bridgehead atoms. The highest BCUT2D eigenvalue weighted by molar-refractivity contribution is 5.11. The zero-order chi connectivity index (χ0) is 10.2. The van der Waals surface area contributed by atoms with E-state index in [2.05, 4.69) is 4.85 Å². The van der Waals surface area contributed by atoms with Gasteiger partial charge in [0.15, 0.2) is 6.20 Å². The van der Waals surface area contributed by atoms with E-state index >= 15 is 0 Å². The van der Waals surface area contributed by atoms with Crippen molar-refractivity contribution in [2.24, 2.45) is 11.7 Å². The van der Waals surface area contributed by atoms with Crippen LogP contribution in [-0.4, -0.2) is 33.0 Å². The summed E-state index contributed by atoms with van der Waals surface area (Å²) in [6.07, 6.45) is 2.66. The highest BCUT2D eigenvalue weighted by Gasteiger charge is 2.15. The second-order valence-corrected chi connectivity index (χ2v) is 3.39. The van der Waals surface area contributed by atoms with Crippen LogP contribution in [-0.2, 0) is 9.47 Å². The lowest BCUT2D eigenvalue weighted by molar-refractivity contribution is -0.0342. The second kappa shape index (κ2) is 8.42. The lowest BCUT2D eigenvalue weighted by Crippen LogP contribution is -2.29. The Morgan fingerprint density at radius 1 is 1.40 bits per heavy atom. The molecule has 0 amide bonds. The summed E-state index contributed by atoms with van der Waals surface area (Å²) in [7, 11) is 0. The minimum absolute atomic E-state index is 0. The van der Waals surface area contributed by atoms with Crippen molar-refractivity contribution in [3.63, 3.8) is 0 Å². The van der Waals surface area contributed by atoms with E-state index in [0.717, 1.165) is 37.7 Å². The van der Waals surface area contributed by atoms with E-state index in [1.54, 1.807) is 0 Å². The third-order valence-electron chi connectivity index (χ3n) is 2.10. The topological polar surface area (TPSA) is 48.8 Å². The van der Waals surface area contributed by atoms with Crippen LogP contribution in [0.4, 0.5) is 0 Å². The summed E-state index contributed by atoms with van der Waals surface area (Å²) in [5.41, 5.74) is 6.39. The molecule has 86 valence electrons. The molecule has 2 aliphatic heterocycles. The van der Waals surface area contributed by atoms with Crippen molar-refractivity contribution in [3.8, 4) is 0 Å². The molecule has 0 spiro atoms. The van der Waals surface area contributed by atoms with Crippen molar-refractivity contribution in [1.82, 2.24) is 0 Å². The predicted molar refractivity (Wildman–Crippen MR) is 60.2 cm³/mol. The largest absolute Gasteiger partial charge is 0.381 e. The van der Waals surface area contributed by atoms with E-state index in [-0.39, 0.29) is 7.43 Å². The van der Waals surface area contributed by atoms with E-state index in [0.29, 0.717) is 13.2 Å². The average molecular weight is 212 g/mol. The zero-order valence-electron chi connectivity index (χ0n) is 8.24. The molecule has 2 aliphatic rings. The number of rotatable bonds is 2. The van der Waals surface area contributed by atoms with Gasteiger partial charge in [-0.25, -0.2) is 4.85 Å². The number of ether oxygens (including phenoxy) is 2. The molecule has 0 aromatic rings. The van der Waals surface area contributed by atoms with Gasteiger partial charge in [0.1, 0.15) is 0 Å². The fraction of sp³-hybridized carbons (Fsp3) is 0.727. The first-order valence-corrected chi connectivity index (χ1v) is 4.77. The first-order valence-electron chi connectivity index (χ1n) is 4.77. The molecule has 2 heterocycles. The van der Waals surface area contributed by atoms with E-state index in [1.165, 1.54) is 6.20 Å². The molecule has 0 unspecified atom stereocenters. The highest BCUT2D eigenvalue weighted by Crippen LogP contribution is 2.12.